The van der Waals surface area contributed by atoms with E-state index < -0.39 is 0 Å². The van der Waals surface area contributed by atoms with Crippen LogP contribution in [0.1, 0.15) is 59.3 Å². The zero-order valence-electron chi connectivity index (χ0n) is 10.2. The van der Waals surface area contributed by atoms with Gasteiger partial charge in [0.2, 0.25) is 0 Å². The monoisotopic (exact) mass is 194 g/mol. The first-order valence-corrected chi connectivity index (χ1v) is 6.17. The predicted octanol–water partition coefficient (Wildman–Crippen LogP) is 4.81. The lowest BCUT2D eigenvalue weighted by atomic mass is 9.82. The Morgan fingerprint density at radius 2 is 2.07 bits per heavy atom. The molecule has 0 aromatic carbocycles. The molecular weight excluding hydrogens is 168 g/mol. The molecule has 1 fully saturated rings. The average molecular weight is 194 g/mol. The van der Waals surface area contributed by atoms with E-state index in [1.807, 2.05) is 0 Å². The first-order chi connectivity index (χ1) is 6.53. The Balaban J connectivity index is 2.07. The quantitative estimate of drug-likeness (QED) is 0.510. The first-order valence-electron chi connectivity index (χ1n) is 6.17. The van der Waals surface area contributed by atoms with E-state index in [0.717, 1.165) is 11.8 Å². The van der Waals surface area contributed by atoms with Crippen molar-refractivity contribution in [3.63, 3.8) is 0 Å². The van der Waals surface area contributed by atoms with Crippen molar-refractivity contribution in [2.45, 2.75) is 59.3 Å². The van der Waals surface area contributed by atoms with Gasteiger partial charge in [0.05, 0.1) is 0 Å². The van der Waals surface area contributed by atoms with Gasteiger partial charge in [0.1, 0.15) is 0 Å². The molecule has 1 unspecified atom stereocenters. The SMILES string of the molecule is C=CC(C)(C)CC(C)CCCC1CC1. The first kappa shape index (κ1) is 11.8. The summed E-state index contributed by atoms with van der Waals surface area (Å²) in [5, 5.41) is 0. The zero-order chi connectivity index (χ0) is 10.6. The highest BCUT2D eigenvalue weighted by molar-refractivity contribution is 4.88. The Kier molecular flexibility index (Phi) is 4.22. The average Bonchev–Trinajstić information content (AvgIpc) is 2.87. The van der Waals surface area contributed by atoms with Crippen LogP contribution in [0, 0.1) is 17.3 Å². The Morgan fingerprint density at radius 1 is 1.43 bits per heavy atom. The summed E-state index contributed by atoms with van der Waals surface area (Å²) in [4.78, 5) is 0. The highest BCUT2D eigenvalue weighted by Gasteiger charge is 2.21. The van der Waals surface area contributed by atoms with E-state index >= 15 is 0 Å². The molecule has 82 valence electrons. The van der Waals surface area contributed by atoms with Gasteiger partial charge in [0.15, 0.2) is 0 Å². The normalized spacial score (nSPS) is 19.4. The van der Waals surface area contributed by atoms with Gasteiger partial charge in [-0.1, -0.05) is 59.0 Å². The van der Waals surface area contributed by atoms with Gasteiger partial charge in [-0.15, -0.1) is 6.58 Å². The van der Waals surface area contributed by atoms with Gasteiger partial charge in [-0.05, 0) is 23.7 Å². The second-order valence-corrected chi connectivity index (χ2v) is 5.88. The van der Waals surface area contributed by atoms with E-state index in [1.54, 1.807) is 0 Å². The van der Waals surface area contributed by atoms with E-state index in [2.05, 4.69) is 33.4 Å². The molecule has 0 aromatic rings. The maximum Gasteiger partial charge on any atom is -0.0175 e. The van der Waals surface area contributed by atoms with Crippen LogP contribution in [0.3, 0.4) is 0 Å². The lowest BCUT2D eigenvalue weighted by Crippen LogP contribution is -2.12. The van der Waals surface area contributed by atoms with Crippen LogP contribution in [0.2, 0.25) is 0 Å². The van der Waals surface area contributed by atoms with E-state index in [-0.39, 0.29) is 0 Å². The van der Waals surface area contributed by atoms with Crippen molar-refractivity contribution in [3.05, 3.63) is 12.7 Å². The minimum Gasteiger partial charge on any atom is -0.103 e. The highest BCUT2D eigenvalue weighted by Crippen LogP contribution is 2.35. The zero-order valence-corrected chi connectivity index (χ0v) is 10.2. The van der Waals surface area contributed by atoms with Crippen molar-refractivity contribution in [2.75, 3.05) is 0 Å². The molecule has 1 atom stereocenters. The van der Waals surface area contributed by atoms with E-state index in [4.69, 9.17) is 0 Å². The maximum absolute atomic E-state index is 3.90. The van der Waals surface area contributed by atoms with Crippen LogP contribution < -0.4 is 0 Å². The molecule has 1 rings (SSSR count). The topological polar surface area (TPSA) is 0 Å². The Labute approximate surface area is 89.8 Å². The van der Waals surface area contributed by atoms with E-state index in [1.165, 1.54) is 38.5 Å². The second-order valence-electron chi connectivity index (χ2n) is 5.88. The van der Waals surface area contributed by atoms with Crippen LogP contribution in [0.25, 0.3) is 0 Å². The van der Waals surface area contributed by atoms with Crippen LogP contribution >= 0.6 is 0 Å². The van der Waals surface area contributed by atoms with Crippen molar-refractivity contribution in [1.82, 2.24) is 0 Å². The molecule has 0 aromatic heterocycles. The molecule has 0 nitrogen and oxygen atoms in total. The van der Waals surface area contributed by atoms with Gasteiger partial charge < -0.3 is 0 Å². The molecule has 0 aliphatic heterocycles. The van der Waals surface area contributed by atoms with Crippen molar-refractivity contribution in [2.24, 2.45) is 17.3 Å². The fraction of sp³-hybridized carbons (Fsp3) is 0.857. The second kappa shape index (κ2) is 5.00. The third-order valence-corrected chi connectivity index (χ3v) is 3.43. The van der Waals surface area contributed by atoms with Crippen molar-refractivity contribution in [1.29, 1.82) is 0 Å². The number of allylic oxidation sites excluding steroid dienone is 1. The third kappa shape index (κ3) is 4.83. The Morgan fingerprint density at radius 3 is 2.57 bits per heavy atom. The van der Waals surface area contributed by atoms with Gasteiger partial charge in [0.25, 0.3) is 0 Å². The smallest absolute Gasteiger partial charge is 0.0175 e. The molecule has 14 heavy (non-hydrogen) atoms. The summed E-state index contributed by atoms with van der Waals surface area (Å²) in [5.41, 5.74) is 0.332. The van der Waals surface area contributed by atoms with Crippen LogP contribution in [0.15, 0.2) is 12.7 Å². The highest BCUT2D eigenvalue weighted by atomic mass is 14.3. The molecular formula is C14H26. The standard InChI is InChI=1S/C14H26/c1-5-14(3,4)11-12(2)7-6-8-13-9-10-13/h5,12-13H,1,6-11H2,2-4H3. The summed E-state index contributed by atoms with van der Waals surface area (Å²) in [6, 6.07) is 0. The van der Waals surface area contributed by atoms with Gasteiger partial charge in [-0.25, -0.2) is 0 Å². The minimum atomic E-state index is 0.332. The molecule has 1 aliphatic carbocycles. The fourth-order valence-electron chi connectivity index (χ4n) is 2.25. The van der Waals surface area contributed by atoms with Crippen LogP contribution in [0.5, 0.6) is 0 Å². The van der Waals surface area contributed by atoms with Gasteiger partial charge in [-0.3, -0.25) is 0 Å². The molecule has 0 bridgehead atoms. The van der Waals surface area contributed by atoms with Gasteiger partial charge in [-0.2, -0.15) is 0 Å². The summed E-state index contributed by atoms with van der Waals surface area (Å²) in [7, 11) is 0. The lowest BCUT2D eigenvalue weighted by molar-refractivity contribution is 0.327. The molecule has 0 spiro atoms. The summed E-state index contributed by atoms with van der Waals surface area (Å²) >= 11 is 0. The van der Waals surface area contributed by atoms with Crippen LogP contribution in [0.4, 0.5) is 0 Å². The van der Waals surface area contributed by atoms with E-state index in [0.29, 0.717) is 5.41 Å². The van der Waals surface area contributed by atoms with Crippen LogP contribution in [-0.2, 0) is 0 Å². The molecule has 1 aliphatic rings. The molecule has 0 saturated heterocycles. The molecule has 1 saturated carbocycles. The number of rotatable bonds is 7. The molecule has 0 amide bonds. The summed E-state index contributed by atoms with van der Waals surface area (Å²) in [6.45, 7) is 10.9. The maximum atomic E-state index is 3.90. The minimum absolute atomic E-state index is 0.332. The van der Waals surface area contributed by atoms with Crippen molar-refractivity contribution < 1.29 is 0 Å². The molecule has 0 N–H and O–H groups in total. The predicted molar refractivity (Wildman–Crippen MR) is 64.3 cm³/mol. The molecule has 0 heterocycles. The summed E-state index contributed by atoms with van der Waals surface area (Å²) in [6.07, 6.45) is 10.7. The Bertz CT molecular complexity index is 174. The number of hydrogen-bond donors (Lipinski definition) is 0. The number of hydrogen-bond acceptors (Lipinski definition) is 0. The van der Waals surface area contributed by atoms with E-state index in [9.17, 15) is 0 Å². The third-order valence-electron chi connectivity index (χ3n) is 3.43. The lowest BCUT2D eigenvalue weighted by Gasteiger charge is -2.24. The largest absolute Gasteiger partial charge is 0.103 e. The summed E-state index contributed by atoms with van der Waals surface area (Å²) in [5.74, 6) is 1.97. The molecule has 0 radical (unpaired) electrons. The fourth-order valence-corrected chi connectivity index (χ4v) is 2.25. The summed E-state index contributed by atoms with van der Waals surface area (Å²) < 4.78 is 0. The van der Waals surface area contributed by atoms with Crippen LogP contribution in [-0.4, -0.2) is 0 Å². The Hall–Kier alpha value is -0.260. The van der Waals surface area contributed by atoms with Crippen molar-refractivity contribution >= 4 is 0 Å². The van der Waals surface area contributed by atoms with Crippen molar-refractivity contribution in [3.8, 4) is 0 Å². The van der Waals surface area contributed by atoms with Gasteiger partial charge >= 0.3 is 0 Å². The van der Waals surface area contributed by atoms with Gasteiger partial charge in [0, 0.05) is 0 Å². The molecule has 0 heteroatoms.